The second kappa shape index (κ2) is 6.95. The molecule has 1 aromatic heterocycles. The van der Waals surface area contributed by atoms with Crippen molar-refractivity contribution in [1.82, 2.24) is 14.9 Å². The molecule has 0 saturated heterocycles. The van der Waals surface area contributed by atoms with Crippen LogP contribution in [0.3, 0.4) is 0 Å². The monoisotopic (exact) mass is 358 g/mol. The highest BCUT2D eigenvalue weighted by molar-refractivity contribution is 6.38. The fourth-order valence-corrected chi connectivity index (χ4v) is 2.61. The SMILES string of the molecule is Cc1nnc(-c2ccccc2)c(=O)n1/N=C/c1c(Cl)cccc1Cl. The summed E-state index contributed by atoms with van der Waals surface area (Å²) in [5.41, 5.74) is 1.07. The second-order valence-electron chi connectivity index (χ2n) is 4.96. The molecule has 0 amide bonds. The summed E-state index contributed by atoms with van der Waals surface area (Å²) in [5, 5.41) is 13.1. The summed E-state index contributed by atoms with van der Waals surface area (Å²) in [6, 6.07) is 14.2. The third-order valence-corrected chi connectivity index (χ3v) is 4.00. The first-order valence-electron chi connectivity index (χ1n) is 7.08. The van der Waals surface area contributed by atoms with E-state index in [2.05, 4.69) is 15.3 Å². The van der Waals surface area contributed by atoms with Gasteiger partial charge >= 0.3 is 5.56 Å². The molecule has 0 saturated carbocycles. The van der Waals surface area contributed by atoms with Crippen LogP contribution in [0.5, 0.6) is 0 Å². The summed E-state index contributed by atoms with van der Waals surface area (Å²) < 4.78 is 1.18. The molecule has 0 bridgehead atoms. The van der Waals surface area contributed by atoms with E-state index in [0.29, 0.717) is 27.0 Å². The highest BCUT2D eigenvalue weighted by Gasteiger charge is 2.11. The van der Waals surface area contributed by atoms with Crippen LogP contribution in [0.15, 0.2) is 58.4 Å². The normalized spacial score (nSPS) is 11.1. The Hall–Kier alpha value is -2.50. The van der Waals surface area contributed by atoms with E-state index >= 15 is 0 Å². The molecule has 0 unspecified atom stereocenters. The van der Waals surface area contributed by atoms with Crippen molar-refractivity contribution in [1.29, 1.82) is 0 Å². The molecule has 0 aliphatic carbocycles. The lowest BCUT2D eigenvalue weighted by atomic mass is 10.2. The Balaban J connectivity index is 2.09. The molecule has 0 N–H and O–H groups in total. The molecule has 0 spiro atoms. The number of rotatable bonds is 3. The molecular formula is C17H12Cl2N4O. The van der Waals surface area contributed by atoms with E-state index in [1.54, 1.807) is 37.3 Å². The molecule has 24 heavy (non-hydrogen) atoms. The van der Waals surface area contributed by atoms with Gasteiger partial charge in [-0.3, -0.25) is 4.79 Å². The van der Waals surface area contributed by atoms with Crippen molar-refractivity contribution in [3.05, 3.63) is 80.3 Å². The summed E-state index contributed by atoms with van der Waals surface area (Å²) in [5.74, 6) is 0.360. The molecule has 7 heteroatoms. The average Bonchev–Trinajstić information content (AvgIpc) is 2.58. The van der Waals surface area contributed by atoms with Gasteiger partial charge in [0.1, 0.15) is 0 Å². The van der Waals surface area contributed by atoms with E-state index < -0.39 is 0 Å². The number of aromatic nitrogens is 3. The molecule has 1 heterocycles. The van der Waals surface area contributed by atoms with Gasteiger partial charge in [-0.25, -0.2) is 0 Å². The Bertz CT molecular complexity index is 948. The van der Waals surface area contributed by atoms with Gasteiger partial charge in [0, 0.05) is 11.1 Å². The molecule has 0 aliphatic heterocycles. The number of hydrogen-bond donors (Lipinski definition) is 0. The Morgan fingerprint density at radius 2 is 1.67 bits per heavy atom. The smallest absolute Gasteiger partial charge is 0.265 e. The zero-order valence-corrected chi connectivity index (χ0v) is 14.2. The summed E-state index contributed by atoms with van der Waals surface area (Å²) in [6.07, 6.45) is 1.44. The second-order valence-corrected chi connectivity index (χ2v) is 5.77. The van der Waals surface area contributed by atoms with Gasteiger partial charge in [-0.1, -0.05) is 59.6 Å². The summed E-state index contributed by atoms with van der Waals surface area (Å²) >= 11 is 12.2. The predicted octanol–water partition coefficient (Wildman–Crippen LogP) is 3.80. The van der Waals surface area contributed by atoms with Crippen molar-refractivity contribution >= 4 is 29.4 Å². The van der Waals surface area contributed by atoms with Gasteiger partial charge in [-0.2, -0.15) is 9.78 Å². The van der Waals surface area contributed by atoms with E-state index in [-0.39, 0.29) is 11.3 Å². The van der Waals surface area contributed by atoms with Gasteiger partial charge in [0.05, 0.1) is 16.3 Å². The highest BCUT2D eigenvalue weighted by atomic mass is 35.5. The van der Waals surface area contributed by atoms with Crippen molar-refractivity contribution in [2.75, 3.05) is 0 Å². The number of halogens is 2. The molecular weight excluding hydrogens is 347 g/mol. The Morgan fingerprint density at radius 1 is 1.00 bits per heavy atom. The Morgan fingerprint density at radius 3 is 2.33 bits per heavy atom. The standard InChI is InChI=1S/C17H12Cl2N4O/c1-11-21-22-16(12-6-3-2-4-7-12)17(24)23(11)20-10-13-14(18)8-5-9-15(13)19/h2-10H,1H3/b20-10+. The number of hydrogen-bond acceptors (Lipinski definition) is 4. The van der Waals surface area contributed by atoms with Gasteiger partial charge in [-0.15, -0.1) is 10.2 Å². The van der Waals surface area contributed by atoms with Gasteiger partial charge in [0.25, 0.3) is 0 Å². The van der Waals surface area contributed by atoms with Crippen LogP contribution in [0.1, 0.15) is 11.4 Å². The first-order valence-corrected chi connectivity index (χ1v) is 7.83. The molecule has 0 radical (unpaired) electrons. The van der Waals surface area contributed by atoms with Gasteiger partial charge < -0.3 is 0 Å². The van der Waals surface area contributed by atoms with Crippen LogP contribution in [0, 0.1) is 6.92 Å². The Labute approximate surface area is 148 Å². The van der Waals surface area contributed by atoms with E-state index in [9.17, 15) is 4.79 Å². The third-order valence-electron chi connectivity index (χ3n) is 3.35. The van der Waals surface area contributed by atoms with Crippen LogP contribution < -0.4 is 5.56 Å². The summed E-state index contributed by atoms with van der Waals surface area (Å²) in [7, 11) is 0. The molecule has 0 fully saturated rings. The zero-order chi connectivity index (χ0) is 17.1. The maximum atomic E-state index is 12.7. The van der Waals surface area contributed by atoms with Crippen LogP contribution >= 0.6 is 23.2 Å². The molecule has 5 nitrogen and oxygen atoms in total. The maximum absolute atomic E-state index is 12.7. The van der Waals surface area contributed by atoms with E-state index in [4.69, 9.17) is 23.2 Å². The lowest BCUT2D eigenvalue weighted by molar-refractivity contribution is 0.717. The van der Waals surface area contributed by atoms with Gasteiger partial charge in [-0.05, 0) is 19.1 Å². The van der Waals surface area contributed by atoms with Crippen molar-refractivity contribution < 1.29 is 0 Å². The molecule has 2 aromatic carbocycles. The number of benzene rings is 2. The Kier molecular flexibility index (Phi) is 4.74. The summed E-state index contributed by atoms with van der Waals surface area (Å²) in [6.45, 7) is 1.65. The minimum absolute atomic E-state index is 0.226. The highest BCUT2D eigenvalue weighted by Crippen LogP contribution is 2.22. The van der Waals surface area contributed by atoms with Crippen LogP contribution in [-0.2, 0) is 0 Å². The number of aryl methyl sites for hydroxylation is 1. The number of nitrogens with zero attached hydrogens (tertiary/aromatic N) is 4. The third kappa shape index (κ3) is 3.22. The van der Waals surface area contributed by atoms with Crippen LogP contribution in [-0.4, -0.2) is 21.1 Å². The predicted molar refractivity (Wildman–Crippen MR) is 95.9 cm³/mol. The minimum Gasteiger partial charge on any atom is -0.265 e. The molecule has 120 valence electrons. The van der Waals surface area contributed by atoms with Crippen LogP contribution in [0.2, 0.25) is 10.0 Å². The van der Waals surface area contributed by atoms with E-state index in [0.717, 1.165) is 0 Å². The van der Waals surface area contributed by atoms with Crippen molar-refractivity contribution in [3.8, 4) is 11.3 Å². The minimum atomic E-state index is -0.367. The summed E-state index contributed by atoms with van der Waals surface area (Å²) in [4.78, 5) is 12.7. The zero-order valence-electron chi connectivity index (χ0n) is 12.6. The lowest BCUT2D eigenvalue weighted by Gasteiger charge is -2.06. The topological polar surface area (TPSA) is 60.1 Å². The molecule has 0 aliphatic rings. The van der Waals surface area contributed by atoms with Crippen molar-refractivity contribution in [3.63, 3.8) is 0 Å². The largest absolute Gasteiger partial charge is 0.301 e. The first kappa shape index (κ1) is 16.4. The van der Waals surface area contributed by atoms with Crippen molar-refractivity contribution in [2.45, 2.75) is 6.92 Å². The maximum Gasteiger partial charge on any atom is 0.301 e. The fourth-order valence-electron chi connectivity index (χ4n) is 2.12. The van der Waals surface area contributed by atoms with E-state index in [1.165, 1.54) is 10.9 Å². The molecule has 3 aromatic rings. The average molecular weight is 359 g/mol. The van der Waals surface area contributed by atoms with Gasteiger partial charge in [0.2, 0.25) is 0 Å². The lowest BCUT2D eigenvalue weighted by Crippen LogP contribution is -2.24. The fraction of sp³-hybridized carbons (Fsp3) is 0.0588. The molecule has 3 rings (SSSR count). The molecule has 0 atom stereocenters. The quantitative estimate of drug-likeness (QED) is 0.669. The van der Waals surface area contributed by atoms with Gasteiger partial charge in [0.15, 0.2) is 11.5 Å². The first-order chi connectivity index (χ1) is 11.6. The van der Waals surface area contributed by atoms with Crippen molar-refractivity contribution in [2.24, 2.45) is 5.10 Å². The van der Waals surface area contributed by atoms with Crippen LogP contribution in [0.4, 0.5) is 0 Å². The van der Waals surface area contributed by atoms with E-state index in [1.807, 2.05) is 18.2 Å². The van der Waals surface area contributed by atoms with Crippen LogP contribution in [0.25, 0.3) is 11.3 Å².